The number of rotatable bonds is 6. The maximum absolute atomic E-state index is 5.71. The van der Waals surface area contributed by atoms with Crippen molar-refractivity contribution in [3.05, 3.63) is 0 Å². The molecule has 0 amide bonds. The summed E-state index contributed by atoms with van der Waals surface area (Å²) in [5, 5.41) is 0. The van der Waals surface area contributed by atoms with Gasteiger partial charge in [0.2, 0.25) is 0 Å². The Labute approximate surface area is 75.2 Å². The molecule has 72 valence electrons. The molecule has 0 aromatic rings. The van der Waals surface area contributed by atoms with Gasteiger partial charge in [-0.2, -0.15) is 0 Å². The highest BCUT2D eigenvalue weighted by Crippen LogP contribution is 2.21. The lowest BCUT2D eigenvalue weighted by Gasteiger charge is -2.33. The van der Waals surface area contributed by atoms with Gasteiger partial charge in [0.25, 0.3) is 0 Å². The first-order valence-electron chi connectivity index (χ1n) is 5.11. The second kappa shape index (κ2) is 5.55. The Kier molecular flexibility index (Phi) is 4.62. The van der Waals surface area contributed by atoms with Crippen LogP contribution in [0.15, 0.2) is 0 Å². The van der Waals surface area contributed by atoms with E-state index in [1.807, 2.05) is 0 Å². The number of hydrogen-bond acceptors (Lipinski definition) is 2. The van der Waals surface area contributed by atoms with E-state index in [9.17, 15) is 0 Å². The lowest BCUT2D eigenvalue weighted by atomic mass is 10.0. The molecule has 1 aliphatic rings. The zero-order valence-corrected chi connectivity index (χ0v) is 8.21. The van der Waals surface area contributed by atoms with Crippen molar-refractivity contribution in [3.63, 3.8) is 0 Å². The van der Waals surface area contributed by atoms with E-state index in [0.717, 1.165) is 26.1 Å². The van der Waals surface area contributed by atoms with Crippen molar-refractivity contribution >= 4 is 0 Å². The first kappa shape index (κ1) is 10.0. The van der Waals surface area contributed by atoms with Gasteiger partial charge in [0.1, 0.15) is 0 Å². The normalized spacial score (nSPS) is 25.0. The van der Waals surface area contributed by atoms with Gasteiger partial charge in [-0.25, -0.2) is 0 Å². The van der Waals surface area contributed by atoms with Crippen LogP contribution in [0.2, 0.25) is 0 Å². The van der Waals surface area contributed by atoms with Gasteiger partial charge < -0.3 is 9.47 Å². The van der Waals surface area contributed by atoms with Crippen LogP contribution < -0.4 is 0 Å². The summed E-state index contributed by atoms with van der Waals surface area (Å²) >= 11 is 0. The van der Waals surface area contributed by atoms with Crippen molar-refractivity contribution in [2.75, 3.05) is 13.2 Å². The molecule has 0 aromatic heterocycles. The minimum atomic E-state index is 0.365. The quantitative estimate of drug-likeness (QED) is 0.612. The molecule has 0 radical (unpaired) electrons. The topological polar surface area (TPSA) is 18.5 Å². The van der Waals surface area contributed by atoms with E-state index in [2.05, 4.69) is 13.8 Å². The fraction of sp³-hybridized carbons (Fsp3) is 1.00. The van der Waals surface area contributed by atoms with Crippen molar-refractivity contribution in [3.8, 4) is 0 Å². The van der Waals surface area contributed by atoms with E-state index in [1.54, 1.807) is 0 Å². The Balaban J connectivity index is 2.17. The molecule has 1 fully saturated rings. The summed E-state index contributed by atoms with van der Waals surface area (Å²) in [6.07, 6.45) is 5.39. The maximum Gasteiger partial charge on any atom is 0.0858 e. The highest BCUT2D eigenvalue weighted by Gasteiger charge is 2.27. The maximum atomic E-state index is 5.71. The van der Waals surface area contributed by atoms with E-state index in [-0.39, 0.29) is 0 Å². The van der Waals surface area contributed by atoms with Gasteiger partial charge >= 0.3 is 0 Å². The minimum absolute atomic E-state index is 0.365. The van der Waals surface area contributed by atoms with Gasteiger partial charge in [-0.05, 0) is 19.3 Å². The molecule has 1 rings (SSSR count). The van der Waals surface area contributed by atoms with Crippen molar-refractivity contribution in [1.29, 1.82) is 0 Å². The predicted molar refractivity (Wildman–Crippen MR) is 49.3 cm³/mol. The lowest BCUT2D eigenvalue weighted by Crippen LogP contribution is -2.40. The van der Waals surface area contributed by atoms with Crippen LogP contribution in [-0.2, 0) is 9.47 Å². The van der Waals surface area contributed by atoms with Gasteiger partial charge in [-0.3, -0.25) is 0 Å². The van der Waals surface area contributed by atoms with E-state index in [1.165, 1.54) is 12.8 Å². The monoisotopic (exact) mass is 172 g/mol. The average Bonchev–Trinajstić information content (AvgIpc) is 1.97. The van der Waals surface area contributed by atoms with E-state index in [0.29, 0.717) is 12.2 Å². The molecule has 2 unspecified atom stereocenters. The molecule has 2 atom stereocenters. The van der Waals surface area contributed by atoms with Crippen LogP contribution in [0.5, 0.6) is 0 Å². The summed E-state index contributed by atoms with van der Waals surface area (Å²) in [6, 6.07) is 0. The second-order valence-electron chi connectivity index (χ2n) is 3.40. The SMILES string of the molecule is CCCOC(CCC)C1CCO1. The van der Waals surface area contributed by atoms with E-state index < -0.39 is 0 Å². The summed E-state index contributed by atoms with van der Waals surface area (Å²) in [4.78, 5) is 0. The van der Waals surface area contributed by atoms with Crippen LogP contribution in [0.1, 0.15) is 39.5 Å². The fourth-order valence-electron chi connectivity index (χ4n) is 1.48. The Morgan fingerprint density at radius 2 is 2.17 bits per heavy atom. The highest BCUT2D eigenvalue weighted by atomic mass is 16.6. The summed E-state index contributed by atoms with van der Waals surface area (Å²) in [5.74, 6) is 0. The third kappa shape index (κ3) is 2.76. The summed E-state index contributed by atoms with van der Waals surface area (Å²) in [5.41, 5.74) is 0. The Hall–Kier alpha value is -0.0800. The van der Waals surface area contributed by atoms with Crippen LogP contribution in [0, 0.1) is 0 Å². The van der Waals surface area contributed by atoms with Gasteiger partial charge in [0.15, 0.2) is 0 Å². The van der Waals surface area contributed by atoms with Crippen LogP contribution >= 0.6 is 0 Å². The number of hydrogen-bond donors (Lipinski definition) is 0. The molecular formula is C10H20O2. The lowest BCUT2D eigenvalue weighted by molar-refractivity contribution is -0.139. The standard InChI is InChI=1S/C10H20O2/c1-3-5-9(11-7-4-2)10-6-8-12-10/h9-10H,3-8H2,1-2H3. The third-order valence-electron chi connectivity index (χ3n) is 2.26. The molecule has 0 aromatic carbocycles. The fourth-order valence-corrected chi connectivity index (χ4v) is 1.48. The molecule has 0 aliphatic carbocycles. The molecule has 1 aliphatic heterocycles. The summed E-state index contributed by atoms with van der Waals surface area (Å²) < 4.78 is 11.1. The van der Waals surface area contributed by atoms with Gasteiger partial charge in [0.05, 0.1) is 12.2 Å². The molecule has 0 bridgehead atoms. The van der Waals surface area contributed by atoms with Crippen LogP contribution in [-0.4, -0.2) is 25.4 Å². The Bertz CT molecular complexity index is 110. The van der Waals surface area contributed by atoms with Crippen molar-refractivity contribution < 1.29 is 9.47 Å². The molecule has 1 saturated heterocycles. The predicted octanol–water partition coefficient (Wildman–Crippen LogP) is 2.37. The van der Waals surface area contributed by atoms with Crippen LogP contribution in [0.4, 0.5) is 0 Å². The first-order valence-corrected chi connectivity index (χ1v) is 5.11. The molecule has 0 N–H and O–H groups in total. The third-order valence-corrected chi connectivity index (χ3v) is 2.26. The van der Waals surface area contributed by atoms with Crippen molar-refractivity contribution in [2.24, 2.45) is 0 Å². The van der Waals surface area contributed by atoms with E-state index >= 15 is 0 Å². The van der Waals surface area contributed by atoms with Crippen LogP contribution in [0.3, 0.4) is 0 Å². The molecular weight excluding hydrogens is 152 g/mol. The zero-order chi connectivity index (χ0) is 8.81. The molecule has 0 saturated carbocycles. The summed E-state index contributed by atoms with van der Waals surface area (Å²) in [7, 11) is 0. The molecule has 1 heterocycles. The first-order chi connectivity index (χ1) is 5.88. The van der Waals surface area contributed by atoms with Crippen LogP contribution in [0.25, 0.3) is 0 Å². The Morgan fingerprint density at radius 3 is 2.58 bits per heavy atom. The summed E-state index contributed by atoms with van der Waals surface area (Å²) in [6.45, 7) is 6.15. The zero-order valence-electron chi connectivity index (χ0n) is 8.21. The molecule has 2 nitrogen and oxygen atoms in total. The molecule has 12 heavy (non-hydrogen) atoms. The van der Waals surface area contributed by atoms with Gasteiger partial charge in [-0.15, -0.1) is 0 Å². The minimum Gasteiger partial charge on any atom is -0.376 e. The van der Waals surface area contributed by atoms with Gasteiger partial charge in [0, 0.05) is 13.2 Å². The van der Waals surface area contributed by atoms with Crippen molar-refractivity contribution in [1.82, 2.24) is 0 Å². The average molecular weight is 172 g/mol. The smallest absolute Gasteiger partial charge is 0.0858 e. The van der Waals surface area contributed by atoms with E-state index in [4.69, 9.17) is 9.47 Å². The van der Waals surface area contributed by atoms with Gasteiger partial charge in [-0.1, -0.05) is 20.3 Å². The largest absolute Gasteiger partial charge is 0.376 e. The second-order valence-corrected chi connectivity index (χ2v) is 3.40. The Morgan fingerprint density at radius 1 is 1.42 bits per heavy atom. The van der Waals surface area contributed by atoms with Crippen molar-refractivity contribution in [2.45, 2.75) is 51.7 Å². The molecule has 0 spiro atoms. The number of ether oxygens (including phenoxy) is 2. The molecule has 2 heteroatoms. The highest BCUT2D eigenvalue weighted by molar-refractivity contribution is 4.76.